The molecule has 1 aromatic carbocycles. The van der Waals surface area contributed by atoms with E-state index in [0.717, 1.165) is 29.0 Å². The van der Waals surface area contributed by atoms with E-state index in [1.54, 1.807) is 12.0 Å². The Labute approximate surface area is 177 Å². The van der Waals surface area contributed by atoms with Crippen LogP contribution in [0.2, 0.25) is 0 Å². The third kappa shape index (κ3) is 7.89. The molecule has 0 radical (unpaired) electrons. The molecule has 0 saturated heterocycles. The summed E-state index contributed by atoms with van der Waals surface area (Å²) in [5, 5.41) is 1.91. The van der Waals surface area contributed by atoms with Crippen LogP contribution >= 0.6 is 11.3 Å². The molecule has 0 bridgehead atoms. The second-order valence-electron chi connectivity index (χ2n) is 7.89. The minimum atomic E-state index is -0.547. The molecular weight excluding hydrogens is 386 g/mol. The number of thiophene rings is 1. The van der Waals surface area contributed by atoms with Gasteiger partial charge in [0.05, 0.1) is 12.0 Å². The van der Waals surface area contributed by atoms with Gasteiger partial charge in [-0.1, -0.05) is 24.3 Å². The molecule has 0 N–H and O–H groups in total. The minimum absolute atomic E-state index is 0.165. The molecule has 5 nitrogen and oxygen atoms in total. The lowest BCUT2D eigenvalue weighted by Gasteiger charge is -2.27. The van der Waals surface area contributed by atoms with Crippen LogP contribution in [0.3, 0.4) is 0 Å². The Kier molecular flexibility index (Phi) is 8.70. The maximum Gasteiger partial charge on any atom is 0.410 e. The van der Waals surface area contributed by atoms with Gasteiger partial charge >= 0.3 is 6.09 Å². The summed E-state index contributed by atoms with van der Waals surface area (Å²) in [6.45, 7) is 6.69. The molecule has 0 unspecified atom stereocenters. The molecule has 1 amide bonds. The van der Waals surface area contributed by atoms with E-state index in [4.69, 9.17) is 9.47 Å². The molecule has 0 aliphatic heterocycles. The molecule has 0 atom stereocenters. The van der Waals surface area contributed by atoms with Gasteiger partial charge < -0.3 is 14.4 Å². The number of benzene rings is 1. The first-order valence-corrected chi connectivity index (χ1v) is 10.8. The topological polar surface area (TPSA) is 55.8 Å². The lowest BCUT2D eigenvalue weighted by Crippen LogP contribution is -2.38. The van der Waals surface area contributed by atoms with Crippen molar-refractivity contribution < 1.29 is 19.1 Å². The largest absolute Gasteiger partial charge is 0.496 e. The number of carbonyl (C=O) groups excluding carboxylic acids is 2. The Hall–Kier alpha value is -2.34. The SMILES string of the molecule is COc1ccccc1CCN(CCCCC(=O)c1cccs1)C(=O)OC(C)(C)C. The molecule has 0 fully saturated rings. The number of carbonyl (C=O) groups is 2. The Morgan fingerprint density at radius 2 is 1.79 bits per heavy atom. The maximum atomic E-state index is 12.7. The number of ether oxygens (including phenoxy) is 2. The summed E-state index contributed by atoms with van der Waals surface area (Å²) in [7, 11) is 1.65. The fraction of sp³-hybridized carbons (Fsp3) is 0.478. The monoisotopic (exact) mass is 417 g/mol. The number of nitrogens with zero attached hydrogens (tertiary/aromatic N) is 1. The van der Waals surface area contributed by atoms with Crippen LogP contribution in [0.25, 0.3) is 0 Å². The standard InChI is InChI=1S/C23H31NO4S/c1-23(2,3)28-22(26)24(16-14-18-10-5-6-12-20(18)27-4)15-8-7-11-19(25)21-13-9-17-29-21/h5-6,9-10,12-13,17H,7-8,11,14-16H2,1-4H3. The molecule has 0 aliphatic rings. The quantitative estimate of drug-likeness (QED) is 0.373. The van der Waals surface area contributed by atoms with E-state index in [2.05, 4.69) is 0 Å². The van der Waals surface area contributed by atoms with Gasteiger partial charge in [0, 0.05) is 19.5 Å². The van der Waals surface area contributed by atoms with Gasteiger partial charge in [-0.3, -0.25) is 4.79 Å². The fourth-order valence-electron chi connectivity index (χ4n) is 2.93. The van der Waals surface area contributed by atoms with E-state index in [1.807, 2.05) is 62.5 Å². The second kappa shape index (κ2) is 11.0. The van der Waals surface area contributed by atoms with Crippen LogP contribution in [0.1, 0.15) is 55.3 Å². The van der Waals surface area contributed by atoms with Crippen molar-refractivity contribution in [2.45, 2.75) is 52.1 Å². The molecule has 158 valence electrons. The number of hydrogen-bond acceptors (Lipinski definition) is 5. The van der Waals surface area contributed by atoms with E-state index in [0.29, 0.717) is 25.9 Å². The zero-order chi connectivity index (χ0) is 21.3. The van der Waals surface area contributed by atoms with Crippen molar-refractivity contribution in [1.29, 1.82) is 0 Å². The number of amides is 1. The average molecular weight is 418 g/mol. The predicted octanol–water partition coefficient (Wildman–Crippen LogP) is 5.59. The molecule has 2 rings (SSSR count). The first kappa shape index (κ1) is 22.9. The van der Waals surface area contributed by atoms with E-state index in [1.165, 1.54) is 11.3 Å². The smallest absolute Gasteiger partial charge is 0.410 e. The molecule has 29 heavy (non-hydrogen) atoms. The summed E-state index contributed by atoms with van der Waals surface area (Å²) >= 11 is 1.47. The summed E-state index contributed by atoms with van der Waals surface area (Å²) in [6.07, 6.45) is 2.34. The van der Waals surface area contributed by atoms with Crippen molar-refractivity contribution in [1.82, 2.24) is 4.90 Å². The van der Waals surface area contributed by atoms with Gasteiger partial charge in [-0.2, -0.15) is 0 Å². The predicted molar refractivity (Wildman–Crippen MR) is 117 cm³/mol. The van der Waals surface area contributed by atoms with E-state index >= 15 is 0 Å². The highest BCUT2D eigenvalue weighted by Gasteiger charge is 2.22. The van der Waals surface area contributed by atoms with Crippen LogP contribution in [0.4, 0.5) is 4.79 Å². The lowest BCUT2D eigenvalue weighted by atomic mass is 10.1. The number of Topliss-reactive ketones (excluding diaryl/α,β-unsaturated/α-hetero) is 1. The summed E-state index contributed by atoms with van der Waals surface area (Å²) in [5.74, 6) is 0.982. The number of methoxy groups -OCH3 is 1. The zero-order valence-corrected chi connectivity index (χ0v) is 18.6. The fourth-order valence-corrected chi connectivity index (χ4v) is 3.63. The third-order valence-electron chi connectivity index (χ3n) is 4.37. The Morgan fingerprint density at radius 1 is 1.03 bits per heavy atom. The summed E-state index contributed by atoms with van der Waals surface area (Å²) in [5.41, 5.74) is 0.506. The number of hydrogen-bond donors (Lipinski definition) is 0. The van der Waals surface area contributed by atoms with E-state index < -0.39 is 5.60 Å². The Balaban J connectivity index is 1.91. The van der Waals surface area contributed by atoms with E-state index in [9.17, 15) is 9.59 Å². The first-order chi connectivity index (χ1) is 13.8. The molecular formula is C23H31NO4S. The van der Waals surface area contributed by atoms with Gasteiger partial charge in [-0.15, -0.1) is 11.3 Å². The minimum Gasteiger partial charge on any atom is -0.496 e. The van der Waals surface area contributed by atoms with Crippen molar-refractivity contribution in [3.63, 3.8) is 0 Å². The Morgan fingerprint density at radius 3 is 2.45 bits per heavy atom. The summed E-state index contributed by atoms with van der Waals surface area (Å²) in [6, 6.07) is 11.6. The van der Waals surface area contributed by atoms with Gasteiger partial charge in [0.25, 0.3) is 0 Å². The first-order valence-electron chi connectivity index (χ1n) is 9.96. The van der Waals surface area contributed by atoms with Crippen LogP contribution in [0, 0.1) is 0 Å². The van der Waals surface area contributed by atoms with Gasteiger partial charge in [0.1, 0.15) is 11.4 Å². The number of rotatable bonds is 10. The summed E-state index contributed by atoms with van der Waals surface area (Å²) < 4.78 is 11.0. The van der Waals surface area contributed by atoms with Gasteiger partial charge in [0.2, 0.25) is 0 Å². The van der Waals surface area contributed by atoms with Crippen molar-refractivity contribution in [2.75, 3.05) is 20.2 Å². The van der Waals surface area contributed by atoms with Gasteiger partial charge in [0.15, 0.2) is 5.78 Å². The molecule has 1 aromatic heterocycles. The number of unbranched alkanes of at least 4 members (excludes halogenated alkanes) is 1. The molecule has 0 spiro atoms. The zero-order valence-electron chi connectivity index (χ0n) is 17.8. The van der Waals surface area contributed by atoms with Crippen LogP contribution in [-0.2, 0) is 11.2 Å². The van der Waals surface area contributed by atoms with Crippen molar-refractivity contribution >= 4 is 23.2 Å². The molecule has 0 aliphatic carbocycles. The lowest BCUT2D eigenvalue weighted by molar-refractivity contribution is 0.0249. The molecule has 0 saturated carbocycles. The van der Waals surface area contributed by atoms with Crippen LogP contribution in [0.5, 0.6) is 5.75 Å². The average Bonchev–Trinajstić information content (AvgIpc) is 3.21. The molecule has 6 heteroatoms. The van der Waals surface area contributed by atoms with Crippen molar-refractivity contribution in [2.24, 2.45) is 0 Å². The highest BCUT2D eigenvalue weighted by molar-refractivity contribution is 7.12. The Bertz CT molecular complexity index is 780. The maximum absolute atomic E-state index is 12.7. The van der Waals surface area contributed by atoms with Gasteiger partial charge in [-0.05, 0) is 63.1 Å². The summed E-state index contributed by atoms with van der Waals surface area (Å²) in [4.78, 5) is 27.3. The highest BCUT2D eigenvalue weighted by Crippen LogP contribution is 2.19. The second-order valence-corrected chi connectivity index (χ2v) is 8.83. The van der Waals surface area contributed by atoms with Crippen LogP contribution in [-0.4, -0.2) is 42.6 Å². The van der Waals surface area contributed by atoms with Crippen molar-refractivity contribution in [3.05, 3.63) is 52.2 Å². The van der Waals surface area contributed by atoms with Crippen LogP contribution in [0.15, 0.2) is 41.8 Å². The van der Waals surface area contributed by atoms with Crippen LogP contribution < -0.4 is 4.74 Å². The normalized spacial score (nSPS) is 11.2. The van der Waals surface area contributed by atoms with E-state index in [-0.39, 0.29) is 11.9 Å². The van der Waals surface area contributed by atoms with Gasteiger partial charge in [-0.25, -0.2) is 4.79 Å². The highest BCUT2D eigenvalue weighted by atomic mass is 32.1. The molecule has 2 aromatic rings. The molecule has 1 heterocycles. The third-order valence-corrected chi connectivity index (χ3v) is 5.28. The number of para-hydroxylation sites is 1. The van der Waals surface area contributed by atoms with Crippen molar-refractivity contribution in [3.8, 4) is 5.75 Å². The number of ketones is 1.